The van der Waals surface area contributed by atoms with E-state index in [1.54, 1.807) is 12.1 Å². The average molecular weight is 494 g/mol. The molecule has 2 aromatic rings. The van der Waals surface area contributed by atoms with Crippen molar-refractivity contribution in [3.8, 4) is 0 Å². The lowest BCUT2D eigenvalue weighted by Crippen LogP contribution is -2.44. The summed E-state index contributed by atoms with van der Waals surface area (Å²) in [6.07, 6.45) is 7.56. The van der Waals surface area contributed by atoms with E-state index in [0.717, 1.165) is 49.3 Å². The summed E-state index contributed by atoms with van der Waals surface area (Å²) >= 11 is 6.27. The zero-order valence-corrected chi connectivity index (χ0v) is 21.0. The van der Waals surface area contributed by atoms with Crippen LogP contribution in [0.4, 0.5) is 5.82 Å². The first-order valence-corrected chi connectivity index (χ1v) is 12.9. The zero-order chi connectivity index (χ0) is 24.7. The van der Waals surface area contributed by atoms with E-state index in [0.29, 0.717) is 41.5 Å². The first-order valence-electron chi connectivity index (χ1n) is 12.6. The van der Waals surface area contributed by atoms with E-state index in [9.17, 15) is 14.8 Å². The number of oxime groups is 1. The SMILES string of the molecule is CC(=O)c1ccc(NC(=O)CC[C@@H]2C/C(=N\O)[C@@]3(C)CCC4c5ccc(Cl)cc5CCC4C23)nc1. The molecule has 5 atom stereocenters. The zero-order valence-electron chi connectivity index (χ0n) is 20.3. The highest BCUT2D eigenvalue weighted by Crippen LogP contribution is 2.62. The van der Waals surface area contributed by atoms with Crippen molar-refractivity contribution in [2.45, 2.75) is 64.7 Å². The number of nitrogens with zero attached hydrogens (tertiary/aromatic N) is 2. The molecule has 3 unspecified atom stereocenters. The third-order valence-electron chi connectivity index (χ3n) is 8.86. The number of aromatic nitrogens is 1. The fourth-order valence-corrected chi connectivity index (χ4v) is 7.44. The maximum Gasteiger partial charge on any atom is 0.225 e. The third-order valence-corrected chi connectivity index (χ3v) is 9.10. The number of anilines is 1. The summed E-state index contributed by atoms with van der Waals surface area (Å²) in [5.41, 5.74) is 4.10. The van der Waals surface area contributed by atoms with Crippen LogP contribution in [-0.2, 0) is 11.2 Å². The van der Waals surface area contributed by atoms with E-state index in [4.69, 9.17) is 11.6 Å². The molecule has 1 aromatic heterocycles. The number of amides is 1. The van der Waals surface area contributed by atoms with Gasteiger partial charge in [0.05, 0.1) is 5.71 Å². The molecule has 184 valence electrons. The minimum absolute atomic E-state index is 0.0553. The number of carbonyl (C=O) groups excluding carboxylic acids is 2. The molecule has 0 saturated heterocycles. The van der Waals surface area contributed by atoms with Gasteiger partial charge in [0.15, 0.2) is 5.78 Å². The van der Waals surface area contributed by atoms with Crippen molar-refractivity contribution in [1.82, 2.24) is 4.98 Å². The molecule has 0 radical (unpaired) electrons. The molecule has 35 heavy (non-hydrogen) atoms. The molecule has 6 nitrogen and oxygen atoms in total. The molecular weight excluding hydrogens is 462 g/mol. The van der Waals surface area contributed by atoms with E-state index in [2.05, 4.69) is 34.5 Å². The second-order valence-corrected chi connectivity index (χ2v) is 11.2. The van der Waals surface area contributed by atoms with Crippen molar-refractivity contribution in [2.24, 2.45) is 28.3 Å². The van der Waals surface area contributed by atoms with Gasteiger partial charge in [-0.25, -0.2) is 4.98 Å². The minimum atomic E-state index is -0.120. The Bertz CT molecular complexity index is 1180. The Morgan fingerprint density at radius 3 is 2.80 bits per heavy atom. The lowest BCUT2D eigenvalue weighted by atomic mass is 9.54. The third kappa shape index (κ3) is 4.37. The predicted octanol–water partition coefficient (Wildman–Crippen LogP) is 6.27. The van der Waals surface area contributed by atoms with Crippen molar-refractivity contribution < 1.29 is 14.8 Å². The molecule has 0 aliphatic heterocycles. The molecule has 3 aliphatic rings. The van der Waals surface area contributed by atoms with Crippen LogP contribution in [0.2, 0.25) is 5.02 Å². The summed E-state index contributed by atoms with van der Waals surface area (Å²) in [4.78, 5) is 28.4. The molecule has 1 amide bonds. The quantitative estimate of drug-likeness (QED) is 0.291. The van der Waals surface area contributed by atoms with Crippen LogP contribution in [0.15, 0.2) is 41.7 Å². The number of fused-ring (bicyclic) bond motifs is 5. The van der Waals surface area contributed by atoms with Crippen LogP contribution in [0.3, 0.4) is 0 Å². The molecule has 3 aliphatic carbocycles. The summed E-state index contributed by atoms with van der Waals surface area (Å²) < 4.78 is 0. The van der Waals surface area contributed by atoms with Gasteiger partial charge in [-0.2, -0.15) is 0 Å². The number of aryl methyl sites for hydroxylation is 1. The van der Waals surface area contributed by atoms with Crippen LogP contribution < -0.4 is 5.32 Å². The second-order valence-electron chi connectivity index (χ2n) is 10.7. The Morgan fingerprint density at radius 2 is 2.09 bits per heavy atom. The molecule has 1 heterocycles. The van der Waals surface area contributed by atoms with E-state index < -0.39 is 0 Å². The van der Waals surface area contributed by atoms with Crippen molar-refractivity contribution in [1.29, 1.82) is 0 Å². The Labute approximate surface area is 211 Å². The Balaban J connectivity index is 1.31. The molecule has 7 heteroatoms. The fourth-order valence-electron chi connectivity index (χ4n) is 7.25. The van der Waals surface area contributed by atoms with Gasteiger partial charge in [0.25, 0.3) is 0 Å². The Kier molecular flexibility index (Phi) is 6.43. The predicted molar refractivity (Wildman–Crippen MR) is 136 cm³/mol. The summed E-state index contributed by atoms with van der Waals surface area (Å²) in [7, 11) is 0. The first-order chi connectivity index (χ1) is 16.8. The average Bonchev–Trinajstić information content (AvgIpc) is 3.14. The standard InChI is InChI=1S/C28H32ClN3O3/c1-16(33)19-4-9-25(30-15-19)31-26(34)10-5-18-14-24(32-35)28(2)12-11-22-21-8-6-20(29)13-17(21)3-7-23(22)27(18)28/h4,6,8-9,13,15,18,22-23,27,35H,3,5,7,10-12,14H2,1-2H3,(H,30,31,34)/b32-24+/t18-,22?,23?,27?,28-/m1/s1. The van der Waals surface area contributed by atoms with Gasteiger partial charge < -0.3 is 10.5 Å². The van der Waals surface area contributed by atoms with Gasteiger partial charge in [0.2, 0.25) is 5.91 Å². The summed E-state index contributed by atoms with van der Waals surface area (Å²) in [5.74, 6) is 2.00. The largest absolute Gasteiger partial charge is 0.411 e. The smallest absolute Gasteiger partial charge is 0.225 e. The number of pyridine rings is 1. The number of benzene rings is 1. The maximum absolute atomic E-state index is 12.7. The second kappa shape index (κ2) is 9.38. The van der Waals surface area contributed by atoms with Crippen LogP contribution in [0.5, 0.6) is 0 Å². The van der Waals surface area contributed by atoms with Gasteiger partial charge in [-0.3, -0.25) is 9.59 Å². The number of halogens is 1. The lowest BCUT2D eigenvalue weighted by Gasteiger charge is -2.50. The van der Waals surface area contributed by atoms with E-state index in [-0.39, 0.29) is 17.1 Å². The van der Waals surface area contributed by atoms with E-state index in [1.165, 1.54) is 24.2 Å². The van der Waals surface area contributed by atoms with E-state index in [1.807, 2.05) is 6.07 Å². The normalized spacial score (nSPS) is 30.3. The van der Waals surface area contributed by atoms with Crippen LogP contribution in [-0.4, -0.2) is 27.6 Å². The molecule has 0 spiro atoms. The number of nitrogens with one attached hydrogen (secondary N) is 1. The summed E-state index contributed by atoms with van der Waals surface area (Å²) in [6, 6.07) is 9.67. The van der Waals surface area contributed by atoms with Crippen LogP contribution in [0.1, 0.15) is 79.8 Å². The van der Waals surface area contributed by atoms with Gasteiger partial charge in [-0.15, -0.1) is 0 Å². The number of rotatable bonds is 5. The molecular formula is C28H32ClN3O3. The monoisotopic (exact) mass is 493 g/mol. The lowest BCUT2D eigenvalue weighted by molar-refractivity contribution is -0.116. The Hall–Kier alpha value is -2.73. The first kappa shape index (κ1) is 24.0. The summed E-state index contributed by atoms with van der Waals surface area (Å²) in [5, 5.41) is 17.3. The highest BCUT2D eigenvalue weighted by molar-refractivity contribution is 6.30. The number of hydrogen-bond donors (Lipinski definition) is 2. The van der Waals surface area contributed by atoms with Gasteiger partial charge in [-0.05, 0) is 105 Å². The highest BCUT2D eigenvalue weighted by atomic mass is 35.5. The molecule has 2 saturated carbocycles. The van der Waals surface area contributed by atoms with Crippen LogP contribution in [0, 0.1) is 23.2 Å². The molecule has 0 bridgehead atoms. The molecule has 5 rings (SSSR count). The van der Waals surface area contributed by atoms with E-state index >= 15 is 0 Å². The van der Waals surface area contributed by atoms with Crippen molar-refractivity contribution in [3.05, 3.63) is 58.2 Å². The Morgan fingerprint density at radius 1 is 1.26 bits per heavy atom. The van der Waals surface area contributed by atoms with Crippen molar-refractivity contribution in [2.75, 3.05) is 5.32 Å². The van der Waals surface area contributed by atoms with Gasteiger partial charge >= 0.3 is 0 Å². The number of Topliss-reactive ketones (excluding diaryl/α,β-unsaturated/α-hetero) is 1. The summed E-state index contributed by atoms with van der Waals surface area (Å²) in [6.45, 7) is 3.76. The highest BCUT2D eigenvalue weighted by Gasteiger charge is 2.57. The maximum atomic E-state index is 12.7. The number of hydrogen-bond acceptors (Lipinski definition) is 5. The van der Waals surface area contributed by atoms with Gasteiger partial charge in [-0.1, -0.05) is 29.7 Å². The minimum Gasteiger partial charge on any atom is -0.411 e. The number of carbonyl (C=O) groups is 2. The van der Waals surface area contributed by atoms with Crippen LogP contribution in [0.25, 0.3) is 0 Å². The fraction of sp³-hybridized carbons (Fsp3) is 0.500. The molecule has 1 aromatic carbocycles. The topological polar surface area (TPSA) is 91.7 Å². The number of ketones is 1. The van der Waals surface area contributed by atoms with Gasteiger partial charge in [0.1, 0.15) is 5.82 Å². The molecule has 2 fully saturated rings. The van der Waals surface area contributed by atoms with Gasteiger partial charge in [0, 0.05) is 28.6 Å². The van der Waals surface area contributed by atoms with Crippen LogP contribution >= 0.6 is 11.6 Å². The molecule has 2 N–H and O–H groups in total. The van der Waals surface area contributed by atoms with Crippen molar-refractivity contribution >= 4 is 34.8 Å². The van der Waals surface area contributed by atoms with Crippen molar-refractivity contribution in [3.63, 3.8) is 0 Å².